The van der Waals surface area contributed by atoms with Crippen LogP contribution >= 0.6 is 15.9 Å². The Morgan fingerprint density at radius 1 is 1.10 bits per heavy atom. The van der Waals surface area contributed by atoms with Crippen LogP contribution in [0.15, 0.2) is 46.9 Å². The van der Waals surface area contributed by atoms with Crippen molar-refractivity contribution in [1.29, 1.82) is 5.26 Å². The monoisotopic (exact) mass is 341 g/mol. The Labute approximate surface area is 121 Å². The van der Waals surface area contributed by atoms with Crippen LogP contribution in [0.3, 0.4) is 0 Å². The molecule has 0 aromatic heterocycles. The first-order chi connectivity index (χ1) is 9.40. The van der Waals surface area contributed by atoms with Gasteiger partial charge in [0.05, 0.1) is 5.56 Å². The van der Waals surface area contributed by atoms with Gasteiger partial charge in [-0.1, -0.05) is 24.3 Å². The van der Waals surface area contributed by atoms with Crippen molar-refractivity contribution >= 4 is 15.9 Å². The predicted molar refractivity (Wildman–Crippen MR) is 71.0 cm³/mol. The highest BCUT2D eigenvalue weighted by atomic mass is 79.9. The van der Waals surface area contributed by atoms with Crippen molar-refractivity contribution in [2.24, 2.45) is 0 Å². The third-order valence-corrected chi connectivity index (χ3v) is 3.16. The van der Waals surface area contributed by atoms with Gasteiger partial charge in [0.1, 0.15) is 11.8 Å². The molecule has 0 saturated carbocycles. The molecule has 0 bridgehead atoms. The van der Waals surface area contributed by atoms with Crippen LogP contribution in [-0.2, 0) is 0 Å². The van der Waals surface area contributed by atoms with Crippen molar-refractivity contribution in [3.8, 4) is 22.9 Å². The lowest BCUT2D eigenvalue weighted by molar-refractivity contribution is -0.274. The zero-order chi connectivity index (χ0) is 14.8. The van der Waals surface area contributed by atoms with Crippen molar-refractivity contribution in [3.05, 3.63) is 52.5 Å². The molecule has 0 saturated heterocycles. The van der Waals surface area contributed by atoms with Crippen molar-refractivity contribution < 1.29 is 17.9 Å². The van der Waals surface area contributed by atoms with Gasteiger partial charge in [-0.05, 0) is 39.7 Å². The van der Waals surface area contributed by atoms with Gasteiger partial charge in [-0.3, -0.25) is 0 Å². The van der Waals surface area contributed by atoms with Gasteiger partial charge in [0.2, 0.25) is 0 Å². The highest BCUT2D eigenvalue weighted by Crippen LogP contribution is 2.32. The fourth-order valence-corrected chi connectivity index (χ4v) is 2.19. The summed E-state index contributed by atoms with van der Waals surface area (Å²) in [6.07, 6.45) is -4.74. The minimum Gasteiger partial charge on any atom is -0.406 e. The van der Waals surface area contributed by atoms with E-state index in [-0.39, 0.29) is 5.75 Å². The maximum atomic E-state index is 12.2. The first-order valence-corrected chi connectivity index (χ1v) is 6.25. The minimum absolute atomic E-state index is 0.320. The van der Waals surface area contributed by atoms with E-state index in [4.69, 9.17) is 5.26 Å². The van der Waals surface area contributed by atoms with E-state index < -0.39 is 6.36 Å². The first kappa shape index (κ1) is 14.4. The molecule has 2 aromatic rings. The molecular weight excluding hydrogens is 335 g/mol. The summed E-state index contributed by atoms with van der Waals surface area (Å²) >= 11 is 3.24. The van der Waals surface area contributed by atoms with E-state index >= 15 is 0 Å². The van der Waals surface area contributed by atoms with Crippen molar-refractivity contribution in [2.75, 3.05) is 0 Å². The van der Waals surface area contributed by atoms with Crippen LogP contribution in [0.5, 0.6) is 5.75 Å². The molecule has 2 nitrogen and oxygen atoms in total. The molecule has 6 heteroatoms. The normalized spacial score (nSPS) is 10.9. The molecular formula is C14H7BrF3NO. The fourth-order valence-electron chi connectivity index (χ4n) is 1.74. The second kappa shape index (κ2) is 5.55. The molecule has 0 aliphatic carbocycles. The molecule has 102 valence electrons. The maximum Gasteiger partial charge on any atom is 0.573 e. The second-order valence-corrected chi connectivity index (χ2v) is 4.70. The summed E-state index contributed by atoms with van der Waals surface area (Å²) in [6, 6.07) is 12.6. The maximum absolute atomic E-state index is 12.2. The Hall–Kier alpha value is -2.00. The largest absolute Gasteiger partial charge is 0.573 e. The quantitative estimate of drug-likeness (QED) is 0.779. The van der Waals surface area contributed by atoms with Gasteiger partial charge in [0.25, 0.3) is 0 Å². The van der Waals surface area contributed by atoms with E-state index in [1.165, 1.54) is 18.2 Å². The lowest BCUT2D eigenvalue weighted by atomic mass is 10.0. The zero-order valence-corrected chi connectivity index (χ0v) is 11.5. The molecule has 0 unspecified atom stereocenters. The molecule has 2 rings (SSSR count). The van der Waals surface area contributed by atoms with Crippen LogP contribution in [0.25, 0.3) is 11.1 Å². The highest BCUT2D eigenvalue weighted by molar-refractivity contribution is 9.10. The zero-order valence-electron chi connectivity index (χ0n) is 9.91. The molecule has 0 aliphatic rings. The number of halogens is 4. The summed E-state index contributed by atoms with van der Waals surface area (Å²) in [4.78, 5) is 0. The fraction of sp³-hybridized carbons (Fsp3) is 0.0714. The number of hydrogen-bond acceptors (Lipinski definition) is 2. The Balaban J connectivity index is 2.47. The molecule has 0 N–H and O–H groups in total. The number of ether oxygens (including phenoxy) is 1. The molecule has 2 aromatic carbocycles. The van der Waals surface area contributed by atoms with E-state index in [0.717, 1.165) is 0 Å². The average Bonchev–Trinajstić information content (AvgIpc) is 2.36. The molecule has 0 fully saturated rings. The minimum atomic E-state index is -4.74. The number of benzene rings is 2. The third kappa shape index (κ3) is 3.31. The van der Waals surface area contributed by atoms with E-state index in [9.17, 15) is 13.2 Å². The van der Waals surface area contributed by atoms with Crippen LogP contribution in [0.1, 0.15) is 5.56 Å². The summed E-state index contributed by atoms with van der Waals surface area (Å²) in [7, 11) is 0. The van der Waals surface area contributed by atoms with Gasteiger partial charge in [-0.15, -0.1) is 13.2 Å². The van der Waals surface area contributed by atoms with Crippen LogP contribution in [0, 0.1) is 11.3 Å². The number of nitrogens with zero attached hydrogens (tertiary/aromatic N) is 1. The number of rotatable bonds is 2. The lowest BCUT2D eigenvalue weighted by Crippen LogP contribution is -2.17. The Kier molecular flexibility index (Phi) is 4.00. The number of nitriles is 1. The number of alkyl halides is 3. The van der Waals surface area contributed by atoms with E-state index in [2.05, 4.69) is 20.7 Å². The molecule has 0 aliphatic heterocycles. The molecule has 0 heterocycles. The summed E-state index contributed by atoms with van der Waals surface area (Å²) < 4.78 is 41.1. The van der Waals surface area contributed by atoms with Gasteiger partial charge in [0.15, 0.2) is 0 Å². The van der Waals surface area contributed by atoms with Crippen LogP contribution in [0.4, 0.5) is 13.2 Å². The predicted octanol–water partition coefficient (Wildman–Crippen LogP) is 4.89. The Morgan fingerprint density at radius 2 is 1.80 bits per heavy atom. The van der Waals surface area contributed by atoms with E-state index in [1.807, 2.05) is 6.07 Å². The van der Waals surface area contributed by atoms with Gasteiger partial charge < -0.3 is 4.74 Å². The molecule has 0 radical (unpaired) electrons. The smallest absolute Gasteiger partial charge is 0.406 e. The van der Waals surface area contributed by atoms with Crippen LogP contribution < -0.4 is 4.74 Å². The van der Waals surface area contributed by atoms with E-state index in [1.54, 1.807) is 24.3 Å². The van der Waals surface area contributed by atoms with E-state index in [0.29, 0.717) is 21.2 Å². The highest BCUT2D eigenvalue weighted by Gasteiger charge is 2.31. The van der Waals surface area contributed by atoms with Crippen molar-refractivity contribution in [2.45, 2.75) is 6.36 Å². The van der Waals surface area contributed by atoms with Gasteiger partial charge in [-0.2, -0.15) is 5.26 Å². The summed E-state index contributed by atoms with van der Waals surface area (Å²) in [5.41, 5.74) is 1.37. The lowest BCUT2D eigenvalue weighted by Gasteiger charge is -2.11. The molecule has 0 atom stereocenters. The molecule has 0 amide bonds. The first-order valence-electron chi connectivity index (χ1n) is 5.45. The Bertz CT molecular complexity index is 677. The third-order valence-electron chi connectivity index (χ3n) is 2.50. The average molecular weight is 342 g/mol. The number of hydrogen-bond donors (Lipinski definition) is 0. The standard InChI is InChI=1S/C14H7BrF3NO/c15-13-6-2-5-11(12(13)8-19)9-3-1-4-10(7-9)20-14(16,17)18/h1-7H. The Morgan fingerprint density at radius 3 is 2.45 bits per heavy atom. The summed E-state index contributed by atoms with van der Waals surface area (Å²) in [6.45, 7) is 0. The molecule has 0 spiro atoms. The van der Waals surface area contributed by atoms with Crippen LogP contribution in [-0.4, -0.2) is 6.36 Å². The van der Waals surface area contributed by atoms with Gasteiger partial charge in [-0.25, -0.2) is 0 Å². The topological polar surface area (TPSA) is 33.0 Å². The summed E-state index contributed by atoms with van der Waals surface area (Å²) in [5, 5.41) is 9.13. The van der Waals surface area contributed by atoms with Gasteiger partial charge in [0, 0.05) is 10.0 Å². The second-order valence-electron chi connectivity index (χ2n) is 3.85. The van der Waals surface area contributed by atoms with Crippen LogP contribution in [0.2, 0.25) is 0 Å². The SMILES string of the molecule is N#Cc1c(Br)cccc1-c1cccc(OC(F)(F)F)c1. The van der Waals surface area contributed by atoms with Gasteiger partial charge >= 0.3 is 6.36 Å². The molecule has 20 heavy (non-hydrogen) atoms. The van der Waals surface area contributed by atoms with Crippen molar-refractivity contribution in [1.82, 2.24) is 0 Å². The summed E-state index contributed by atoms with van der Waals surface area (Å²) in [5.74, 6) is -0.320. The van der Waals surface area contributed by atoms with Crippen molar-refractivity contribution in [3.63, 3.8) is 0 Å².